The number of aromatic nitrogens is 3. The van der Waals surface area contributed by atoms with E-state index in [1.165, 1.54) is 19.3 Å². The van der Waals surface area contributed by atoms with Gasteiger partial charge in [-0.3, -0.25) is 0 Å². The van der Waals surface area contributed by atoms with Crippen LogP contribution in [0, 0.1) is 11.3 Å². The Labute approximate surface area is 185 Å². The molecule has 1 saturated heterocycles. The number of nitrogens with one attached hydrogen (secondary N) is 2. The number of pyridine rings is 1. The number of nitrogens with zero attached hydrogens (tertiary/aromatic N) is 3. The summed E-state index contributed by atoms with van der Waals surface area (Å²) in [6, 6.07) is 9.95. The van der Waals surface area contributed by atoms with Crippen molar-refractivity contribution in [3.63, 3.8) is 0 Å². The van der Waals surface area contributed by atoms with E-state index in [2.05, 4.69) is 26.3 Å². The van der Waals surface area contributed by atoms with Gasteiger partial charge in [-0.05, 0) is 56.9 Å². The van der Waals surface area contributed by atoms with Crippen LogP contribution in [0.4, 0.5) is 0 Å². The summed E-state index contributed by atoms with van der Waals surface area (Å²) in [6.45, 7) is 3.54. The Bertz CT molecular complexity index is 1160. The van der Waals surface area contributed by atoms with E-state index in [0.717, 1.165) is 37.0 Å². The van der Waals surface area contributed by atoms with Crippen LogP contribution >= 0.6 is 11.6 Å². The van der Waals surface area contributed by atoms with Gasteiger partial charge in [0.25, 0.3) is 6.01 Å². The summed E-state index contributed by atoms with van der Waals surface area (Å²) in [7, 11) is 0. The highest BCUT2D eigenvalue weighted by Crippen LogP contribution is 2.34. The lowest BCUT2D eigenvalue weighted by Crippen LogP contribution is -2.61. The van der Waals surface area contributed by atoms with Crippen molar-refractivity contribution in [2.24, 2.45) is 0 Å². The third-order valence-corrected chi connectivity index (χ3v) is 6.25. The van der Waals surface area contributed by atoms with Crippen LogP contribution < -0.4 is 14.8 Å². The van der Waals surface area contributed by atoms with Crippen LogP contribution in [-0.4, -0.2) is 39.7 Å². The molecule has 0 amide bonds. The highest BCUT2D eigenvalue weighted by atomic mass is 35.5. The molecule has 160 valence electrons. The van der Waals surface area contributed by atoms with E-state index in [1.807, 2.05) is 19.1 Å². The van der Waals surface area contributed by atoms with E-state index < -0.39 is 0 Å². The number of nitriles is 1. The number of H-pyrrole nitrogens is 1. The molecule has 31 heavy (non-hydrogen) atoms. The van der Waals surface area contributed by atoms with Crippen molar-refractivity contribution < 1.29 is 9.47 Å². The van der Waals surface area contributed by atoms with Crippen LogP contribution in [0.15, 0.2) is 24.3 Å². The Morgan fingerprint density at radius 3 is 2.68 bits per heavy atom. The van der Waals surface area contributed by atoms with Crippen molar-refractivity contribution in [2.75, 3.05) is 13.1 Å². The van der Waals surface area contributed by atoms with Gasteiger partial charge in [0.1, 0.15) is 23.5 Å². The maximum Gasteiger partial charge on any atom is 0.296 e. The van der Waals surface area contributed by atoms with E-state index >= 15 is 0 Å². The van der Waals surface area contributed by atoms with Crippen LogP contribution in [0.1, 0.15) is 44.6 Å². The lowest BCUT2D eigenvalue weighted by Gasteiger charge is -2.39. The van der Waals surface area contributed by atoms with E-state index in [1.54, 1.807) is 12.1 Å². The highest BCUT2D eigenvalue weighted by Gasteiger charge is 2.34. The Balaban J connectivity index is 1.43. The predicted molar refractivity (Wildman–Crippen MR) is 118 cm³/mol. The number of imidazole rings is 1. The molecule has 1 aliphatic carbocycles. The molecule has 2 aromatic heterocycles. The number of fused-ring (bicyclic) bond motifs is 1. The van der Waals surface area contributed by atoms with Gasteiger partial charge in [-0.1, -0.05) is 18.0 Å². The monoisotopic (exact) mass is 437 g/mol. The van der Waals surface area contributed by atoms with Gasteiger partial charge in [-0.15, -0.1) is 0 Å². The number of hydrogen-bond donors (Lipinski definition) is 2. The summed E-state index contributed by atoms with van der Waals surface area (Å²) in [4.78, 5) is 12.3. The molecule has 0 unspecified atom stereocenters. The summed E-state index contributed by atoms with van der Waals surface area (Å²) in [6.07, 6.45) is 5.95. The zero-order valence-corrected chi connectivity index (χ0v) is 18.1. The van der Waals surface area contributed by atoms with Gasteiger partial charge in [0, 0.05) is 18.7 Å². The number of hydrogen-bond acceptors (Lipinski definition) is 6. The third kappa shape index (κ3) is 4.06. The minimum absolute atomic E-state index is 0.197. The lowest BCUT2D eigenvalue weighted by atomic mass is 9.98. The second-order valence-corrected chi connectivity index (χ2v) is 9.00. The zero-order valence-electron chi connectivity index (χ0n) is 17.4. The fraction of sp³-hybridized carbons (Fsp3) is 0.435. The normalized spacial score (nSPS) is 18.4. The number of aromatic amines is 1. The number of rotatable bonds is 5. The molecule has 1 aromatic carbocycles. The molecular weight excluding hydrogens is 414 g/mol. The topological polar surface area (TPSA) is 95.9 Å². The first kappa shape index (κ1) is 20.1. The van der Waals surface area contributed by atoms with Crippen molar-refractivity contribution in [2.45, 2.75) is 50.7 Å². The van der Waals surface area contributed by atoms with Crippen LogP contribution in [-0.2, 0) is 0 Å². The second-order valence-electron chi connectivity index (χ2n) is 8.59. The van der Waals surface area contributed by atoms with E-state index in [4.69, 9.17) is 21.1 Å². The Morgan fingerprint density at radius 1 is 1.16 bits per heavy atom. The SMILES string of the molecule is CC1(Oc2ccc(-c3nc4nc(OC5CCCCC5)[nH]c4cc3Cl)cc2C#N)CNC1. The molecule has 5 rings (SSSR count). The molecule has 1 aliphatic heterocycles. The van der Waals surface area contributed by atoms with Gasteiger partial charge in [0.05, 0.1) is 21.8 Å². The van der Waals surface area contributed by atoms with Gasteiger partial charge in [0.15, 0.2) is 5.65 Å². The molecule has 1 saturated carbocycles. The van der Waals surface area contributed by atoms with E-state index in [-0.39, 0.29) is 11.7 Å². The maximum absolute atomic E-state index is 9.64. The standard InChI is InChI=1S/C23H24ClN5O2/c1-23(12-26-13-23)31-19-8-7-14(9-15(19)11-25)20-17(24)10-18-21(28-20)29-22(27-18)30-16-5-3-2-4-6-16/h7-10,16,26H,2-6,12-13H2,1H3,(H,27,28,29). The van der Waals surface area contributed by atoms with Gasteiger partial charge in [0.2, 0.25) is 0 Å². The van der Waals surface area contributed by atoms with Gasteiger partial charge in [-0.2, -0.15) is 10.2 Å². The zero-order chi connectivity index (χ0) is 21.4. The average molecular weight is 438 g/mol. The smallest absolute Gasteiger partial charge is 0.296 e. The van der Waals surface area contributed by atoms with Crippen molar-refractivity contribution >= 4 is 22.8 Å². The first-order chi connectivity index (χ1) is 15.0. The average Bonchev–Trinajstić information content (AvgIpc) is 3.14. The summed E-state index contributed by atoms with van der Waals surface area (Å²) in [5, 5.41) is 13.3. The fourth-order valence-electron chi connectivity index (χ4n) is 4.16. The maximum atomic E-state index is 9.64. The van der Waals surface area contributed by atoms with Crippen LogP contribution in [0.25, 0.3) is 22.4 Å². The molecule has 0 spiro atoms. The Kier molecular flexibility index (Phi) is 5.20. The summed E-state index contributed by atoms with van der Waals surface area (Å²) in [5.74, 6) is 0.565. The van der Waals surface area contributed by atoms with Crippen LogP contribution in [0.2, 0.25) is 5.02 Å². The summed E-state index contributed by atoms with van der Waals surface area (Å²) >= 11 is 6.54. The molecule has 2 aliphatic rings. The van der Waals surface area contributed by atoms with Gasteiger partial charge >= 0.3 is 0 Å². The molecule has 2 N–H and O–H groups in total. The number of benzene rings is 1. The largest absolute Gasteiger partial charge is 0.484 e. The van der Waals surface area contributed by atoms with E-state index in [0.29, 0.717) is 33.7 Å². The molecule has 3 heterocycles. The minimum Gasteiger partial charge on any atom is -0.484 e. The molecular formula is C23H24ClN5O2. The number of ether oxygens (including phenoxy) is 2. The van der Waals surface area contributed by atoms with Crippen molar-refractivity contribution in [3.05, 3.63) is 34.9 Å². The molecule has 0 bridgehead atoms. The predicted octanol–water partition coefficient (Wildman–Crippen LogP) is 4.60. The van der Waals surface area contributed by atoms with Crippen molar-refractivity contribution in [1.82, 2.24) is 20.3 Å². The van der Waals surface area contributed by atoms with Gasteiger partial charge < -0.3 is 19.8 Å². The molecule has 0 radical (unpaired) electrons. The summed E-state index contributed by atoms with van der Waals surface area (Å²) < 4.78 is 12.1. The lowest BCUT2D eigenvalue weighted by molar-refractivity contribution is 0.0346. The van der Waals surface area contributed by atoms with E-state index in [9.17, 15) is 5.26 Å². The third-order valence-electron chi connectivity index (χ3n) is 5.96. The first-order valence-electron chi connectivity index (χ1n) is 10.7. The highest BCUT2D eigenvalue weighted by molar-refractivity contribution is 6.33. The molecule has 2 fully saturated rings. The minimum atomic E-state index is -0.286. The molecule has 3 aromatic rings. The van der Waals surface area contributed by atoms with Crippen molar-refractivity contribution in [3.8, 4) is 29.1 Å². The second kappa shape index (κ2) is 8.03. The fourth-order valence-corrected chi connectivity index (χ4v) is 4.42. The quantitative estimate of drug-likeness (QED) is 0.605. The van der Waals surface area contributed by atoms with Crippen LogP contribution in [0.3, 0.4) is 0 Å². The number of halogens is 1. The molecule has 0 atom stereocenters. The molecule has 7 nitrogen and oxygen atoms in total. The molecule has 8 heteroatoms. The van der Waals surface area contributed by atoms with Crippen molar-refractivity contribution in [1.29, 1.82) is 5.26 Å². The summed E-state index contributed by atoms with van der Waals surface area (Å²) in [5.41, 5.74) is 2.75. The van der Waals surface area contributed by atoms with Crippen LogP contribution in [0.5, 0.6) is 11.8 Å². The Hall–Kier alpha value is -2.82. The van der Waals surface area contributed by atoms with Gasteiger partial charge in [-0.25, -0.2) is 4.98 Å². The Morgan fingerprint density at radius 2 is 1.97 bits per heavy atom. The first-order valence-corrected chi connectivity index (χ1v) is 11.1.